The van der Waals surface area contributed by atoms with Crippen LogP contribution < -0.4 is 16.0 Å². The van der Waals surface area contributed by atoms with Crippen molar-refractivity contribution in [3.05, 3.63) is 11.3 Å². The van der Waals surface area contributed by atoms with E-state index in [-0.39, 0.29) is 30.3 Å². The number of urea groups is 2. The second-order valence-corrected chi connectivity index (χ2v) is 7.52. The Balaban J connectivity index is 1.86. The van der Waals surface area contributed by atoms with Gasteiger partial charge in [0, 0.05) is 0 Å². The first-order valence-corrected chi connectivity index (χ1v) is 9.39. The highest BCUT2D eigenvalue weighted by molar-refractivity contribution is 6.07. The van der Waals surface area contributed by atoms with Gasteiger partial charge in [0.15, 0.2) is 0 Å². The van der Waals surface area contributed by atoms with Gasteiger partial charge in [-0.3, -0.25) is 9.69 Å². The standard InChI is InChI=1S/C18H26N4O5/c1-4-27-14(23)13-11(3)19-16(25)20-12(13)9-22-15(24)18(21-17(22)26)7-5-10(2)6-8-18/h10-11H,4-9H2,1-3H3,(H,21,26)(H2,19,20,25)/t10?,11-,18?/m0/s1. The Kier molecular flexibility index (Phi) is 5.12. The van der Waals surface area contributed by atoms with E-state index in [0.717, 1.165) is 17.7 Å². The van der Waals surface area contributed by atoms with E-state index in [1.807, 2.05) is 0 Å². The van der Waals surface area contributed by atoms with Crippen LogP contribution in [-0.4, -0.2) is 53.6 Å². The zero-order valence-corrected chi connectivity index (χ0v) is 15.9. The molecule has 9 heteroatoms. The molecule has 0 aromatic carbocycles. The first-order chi connectivity index (χ1) is 12.8. The highest BCUT2D eigenvalue weighted by atomic mass is 16.5. The lowest BCUT2D eigenvalue weighted by molar-refractivity contribution is -0.139. The van der Waals surface area contributed by atoms with Crippen molar-refractivity contribution in [2.45, 2.75) is 58.0 Å². The maximum Gasteiger partial charge on any atom is 0.337 e. The number of esters is 1. The number of hydrogen-bond acceptors (Lipinski definition) is 5. The quantitative estimate of drug-likeness (QED) is 0.498. The van der Waals surface area contributed by atoms with E-state index in [9.17, 15) is 19.2 Å². The zero-order chi connectivity index (χ0) is 19.8. The molecule has 0 aromatic rings. The summed E-state index contributed by atoms with van der Waals surface area (Å²) in [7, 11) is 0. The lowest BCUT2D eigenvalue weighted by atomic mass is 9.77. The first kappa shape index (κ1) is 19.2. The molecule has 1 atom stereocenters. The fourth-order valence-corrected chi connectivity index (χ4v) is 3.98. The predicted molar refractivity (Wildman–Crippen MR) is 95.4 cm³/mol. The molecule has 148 valence electrons. The van der Waals surface area contributed by atoms with Gasteiger partial charge in [-0.15, -0.1) is 0 Å². The highest BCUT2D eigenvalue weighted by Crippen LogP contribution is 2.36. The number of ether oxygens (including phenoxy) is 1. The molecule has 27 heavy (non-hydrogen) atoms. The summed E-state index contributed by atoms with van der Waals surface area (Å²) in [5, 5.41) is 7.99. The molecule has 3 aliphatic rings. The third kappa shape index (κ3) is 3.50. The van der Waals surface area contributed by atoms with Crippen molar-refractivity contribution in [2.75, 3.05) is 13.2 Å². The third-order valence-corrected chi connectivity index (χ3v) is 5.56. The van der Waals surface area contributed by atoms with Crippen LogP contribution in [0.2, 0.25) is 0 Å². The molecule has 2 aliphatic heterocycles. The molecule has 2 fully saturated rings. The Bertz CT molecular complexity index is 709. The van der Waals surface area contributed by atoms with Crippen LogP contribution in [0.3, 0.4) is 0 Å². The second-order valence-electron chi connectivity index (χ2n) is 7.52. The van der Waals surface area contributed by atoms with Gasteiger partial charge in [0.25, 0.3) is 5.91 Å². The third-order valence-electron chi connectivity index (χ3n) is 5.56. The maximum atomic E-state index is 13.0. The summed E-state index contributed by atoms with van der Waals surface area (Å²) in [4.78, 5) is 50.8. The van der Waals surface area contributed by atoms with Crippen LogP contribution in [-0.2, 0) is 14.3 Å². The van der Waals surface area contributed by atoms with Crippen molar-refractivity contribution in [3.8, 4) is 0 Å². The fourth-order valence-electron chi connectivity index (χ4n) is 3.98. The summed E-state index contributed by atoms with van der Waals surface area (Å²) in [5.74, 6) is -0.353. The van der Waals surface area contributed by atoms with Crippen LogP contribution in [0.15, 0.2) is 11.3 Å². The number of carbonyl (C=O) groups excluding carboxylic acids is 4. The SMILES string of the molecule is CCOC(=O)C1=C(CN2C(=O)NC3(CCC(C)CC3)C2=O)NC(=O)N[C@H]1C. The number of carbonyl (C=O) groups is 4. The summed E-state index contributed by atoms with van der Waals surface area (Å²) in [6.07, 6.45) is 2.94. The van der Waals surface area contributed by atoms with Gasteiger partial charge in [0.2, 0.25) is 0 Å². The van der Waals surface area contributed by atoms with Crippen molar-refractivity contribution in [2.24, 2.45) is 5.92 Å². The Labute approximate surface area is 157 Å². The van der Waals surface area contributed by atoms with Gasteiger partial charge in [-0.25, -0.2) is 14.4 Å². The van der Waals surface area contributed by atoms with Gasteiger partial charge in [-0.05, 0) is 45.4 Å². The Morgan fingerprint density at radius 1 is 1.22 bits per heavy atom. The summed E-state index contributed by atoms with van der Waals surface area (Å²) < 4.78 is 5.06. The molecule has 2 heterocycles. The molecule has 0 bridgehead atoms. The van der Waals surface area contributed by atoms with Crippen LogP contribution >= 0.6 is 0 Å². The van der Waals surface area contributed by atoms with Crippen LogP contribution in [0.1, 0.15) is 46.5 Å². The molecule has 1 saturated carbocycles. The lowest BCUT2D eigenvalue weighted by Gasteiger charge is -2.33. The molecule has 1 aliphatic carbocycles. The molecule has 0 unspecified atom stereocenters. The van der Waals surface area contributed by atoms with Crippen molar-refractivity contribution in [1.82, 2.24) is 20.9 Å². The van der Waals surface area contributed by atoms with Crippen LogP contribution in [0, 0.1) is 5.92 Å². The predicted octanol–water partition coefficient (Wildman–Crippen LogP) is 1.01. The van der Waals surface area contributed by atoms with E-state index in [1.165, 1.54) is 0 Å². The van der Waals surface area contributed by atoms with E-state index < -0.39 is 29.6 Å². The average molecular weight is 378 g/mol. The average Bonchev–Trinajstić information content (AvgIpc) is 2.82. The van der Waals surface area contributed by atoms with E-state index in [2.05, 4.69) is 22.9 Å². The summed E-state index contributed by atoms with van der Waals surface area (Å²) in [5.41, 5.74) is -0.429. The lowest BCUT2D eigenvalue weighted by Crippen LogP contribution is -2.52. The van der Waals surface area contributed by atoms with Gasteiger partial charge < -0.3 is 20.7 Å². The van der Waals surface area contributed by atoms with Crippen molar-refractivity contribution < 1.29 is 23.9 Å². The zero-order valence-electron chi connectivity index (χ0n) is 15.9. The van der Waals surface area contributed by atoms with Gasteiger partial charge in [0.05, 0.1) is 30.5 Å². The minimum Gasteiger partial charge on any atom is -0.463 e. The molecular formula is C18H26N4O5. The highest BCUT2D eigenvalue weighted by Gasteiger charge is 2.52. The molecule has 0 aromatic heterocycles. The molecule has 9 nitrogen and oxygen atoms in total. The summed E-state index contributed by atoms with van der Waals surface area (Å²) in [6, 6.07) is -1.57. The number of hydrogen-bond donors (Lipinski definition) is 3. The van der Waals surface area contributed by atoms with E-state index in [1.54, 1.807) is 13.8 Å². The number of nitrogens with one attached hydrogen (secondary N) is 3. The van der Waals surface area contributed by atoms with Gasteiger partial charge >= 0.3 is 18.0 Å². The molecule has 1 spiro atoms. The fraction of sp³-hybridized carbons (Fsp3) is 0.667. The topological polar surface area (TPSA) is 117 Å². The summed E-state index contributed by atoms with van der Waals surface area (Å²) in [6.45, 7) is 5.48. The van der Waals surface area contributed by atoms with Crippen molar-refractivity contribution in [1.29, 1.82) is 0 Å². The second kappa shape index (κ2) is 7.21. The van der Waals surface area contributed by atoms with Gasteiger partial charge in [-0.2, -0.15) is 0 Å². The van der Waals surface area contributed by atoms with E-state index in [0.29, 0.717) is 18.8 Å². The van der Waals surface area contributed by atoms with Crippen molar-refractivity contribution >= 4 is 23.9 Å². The number of imide groups is 1. The molecular weight excluding hydrogens is 352 g/mol. The minimum absolute atomic E-state index is 0.173. The number of rotatable bonds is 4. The first-order valence-electron chi connectivity index (χ1n) is 9.39. The minimum atomic E-state index is -0.864. The normalized spacial score (nSPS) is 30.9. The Morgan fingerprint density at radius 2 is 1.89 bits per heavy atom. The molecule has 3 N–H and O–H groups in total. The molecule has 0 radical (unpaired) electrons. The smallest absolute Gasteiger partial charge is 0.337 e. The Hall–Kier alpha value is -2.58. The number of nitrogens with zero attached hydrogens (tertiary/aromatic N) is 1. The largest absolute Gasteiger partial charge is 0.463 e. The van der Waals surface area contributed by atoms with Crippen LogP contribution in [0.25, 0.3) is 0 Å². The number of amides is 5. The Morgan fingerprint density at radius 3 is 2.52 bits per heavy atom. The maximum absolute atomic E-state index is 13.0. The van der Waals surface area contributed by atoms with Gasteiger partial charge in [-0.1, -0.05) is 6.92 Å². The monoisotopic (exact) mass is 378 g/mol. The van der Waals surface area contributed by atoms with Crippen molar-refractivity contribution in [3.63, 3.8) is 0 Å². The van der Waals surface area contributed by atoms with E-state index in [4.69, 9.17) is 4.74 Å². The molecule has 3 rings (SSSR count). The van der Waals surface area contributed by atoms with E-state index >= 15 is 0 Å². The van der Waals surface area contributed by atoms with Gasteiger partial charge in [0.1, 0.15) is 5.54 Å². The van der Waals surface area contributed by atoms with Crippen LogP contribution in [0.4, 0.5) is 9.59 Å². The summed E-state index contributed by atoms with van der Waals surface area (Å²) >= 11 is 0. The van der Waals surface area contributed by atoms with Crippen LogP contribution in [0.5, 0.6) is 0 Å². The molecule has 5 amide bonds. The molecule has 1 saturated heterocycles.